The highest BCUT2D eigenvalue weighted by atomic mass is 15.5. The lowest BCUT2D eigenvalue weighted by molar-refractivity contribution is 0.881. The molecule has 0 aliphatic carbocycles. The second-order valence-electron chi connectivity index (χ2n) is 2.62. The third-order valence-corrected chi connectivity index (χ3v) is 1.72. The van der Waals surface area contributed by atoms with Crippen LogP contribution in [0.15, 0.2) is 6.20 Å². The first kappa shape index (κ1) is 7.73. The predicted molar refractivity (Wildman–Crippen MR) is 44.9 cm³/mol. The Balaban J connectivity index is 2.02. The minimum atomic E-state index is 0.379. The van der Waals surface area contributed by atoms with Crippen LogP contribution in [-0.2, 0) is 0 Å². The van der Waals surface area contributed by atoms with Crippen molar-refractivity contribution in [3.63, 3.8) is 0 Å². The molecule has 0 saturated carbocycles. The molecule has 3 N–H and O–H groups in total. The molecular formula is C5H4N10. The molecule has 0 atom stereocenters. The molecule has 0 fully saturated rings. The van der Waals surface area contributed by atoms with E-state index in [2.05, 4.69) is 51.2 Å². The average Bonchev–Trinajstić information content (AvgIpc) is 3.02. The maximum Gasteiger partial charge on any atom is 0.239 e. The minimum absolute atomic E-state index is 0.379. The van der Waals surface area contributed by atoms with Gasteiger partial charge in [0.1, 0.15) is 5.69 Å². The second-order valence-corrected chi connectivity index (χ2v) is 2.62. The first-order chi connectivity index (χ1) is 7.43. The molecule has 0 aliphatic rings. The van der Waals surface area contributed by atoms with Gasteiger partial charge >= 0.3 is 0 Å². The van der Waals surface area contributed by atoms with E-state index in [4.69, 9.17) is 0 Å². The standard InChI is InChI=1S/C5H4N10/c1-2(3-8-12-13-9-3)7-4(6-1)5-10-14-15-11-5/h1H,(H,6,7)(H,8,9,12,13)(H,10,11,14,15). The zero-order valence-corrected chi connectivity index (χ0v) is 7.21. The molecule has 10 heteroatoms. The number of rotatable bonds is 2. The van der Waals surface area contributed by atoms with Crippen molar-refractivity contribution in [2.75, 3.05) is 0 Å². The first-order valence-corrected chi connectivity index (χ1v) is 3.96. The topological polar surface area (TPSA) is 138 Å². The van der Waals surface area contributed by atoms with Gasteiger partial charge in [-0.05, 0) is 10.4 Å². The van der Waals surface area contributed by atoms with Gasteiger partial charge in [0, 0.05) is 0 Å². The summed E-state index contributed by atoms with van der Waals surface area (Å²) in [6, 6.07) is 0. The van der Waals surface area contributed by atoms with E-state index in [1.807, 2.05) is 0 Å². The third kappa shape index (κ3) is 1.23. The number of hydrogen-bond donors (Lipinski definition) is 3. The Hall–Kier alpha value is -2.65. The molecule has 0 spiro atoms. The summed E-state index contributed by atoms with van der Waals surface area (Å²) in [4.78, 5) is 6.99. The zero-order chi connectivity index (χ0) is 10.1. The second kappa shape index (κ2) is 2.94. The first-order valence-electron chi connectivity index (χ1n) is 3.96. The van der Waals surface area contributed by atoms with Gasteiger partial charge in [0.25, 0.3) is 0 Å². The number of imidazole rings is 1. The van der Waals surface area contributed by atoms with Crippen molar-refractivity contribution in [3.05, 3.63) is 6.20 Å². The van der Waals surface area contributed by atoms with E-state index in [0.29, 0.717) is 23.2 Å². The van der Waals surface area contributed by atoms with E-state index in [-0.39, 0.29) is 0 Å². The molecule has 0 unspecified atom stereocenters. The fraction of sp³-hybridized carbons (Fsp3) is 0. The van der Waals surface area contributed by atoms with Crippen LogP contribution in [0.25, 0.3) is 23.2 Å². The number of nitrogens with one attached hydrogen (secondary N) is 3. The molecule has 0 amide bonds. The Morgan fingerprint density at radius 2 is 1.67 bits per heavy atom. The van der Waals surface area contributed by atoms with Crippen molar-refractivity contribution in [1.29, 1.82) is 0 Å². The molecule has 74 valence electrons. The molecule has 0 aliphatic heterocycles. The summed E-state index contributed by atoms with van der Waals surface area (Å²) in [5.74, 6) is 1.30. The highest BCUT2D eigenvalue weighted by Gasteiger charge is 2.10. The Kier molecular flexibility index (Phi) is 1.51. The van der Waals surface area contributed by atoms with Crippen molar-refractivity contribution in [2.24, 2.45) is 0 Å². The SMILES string of the molecule is c1nc(-c2nn[nH]n2)[nH]c1-c1nn[nH]n1. The zero-order valence-electron chi connectivity index (χ0n) is 7.21. The van der Waals surface area contributed by atoms with E-state index in [1.165, 1.54) is 0 Å². The van der Waals surface area contributed by atoms with Crippen LogP contribution < -0.4 is 0 Å². The highest BCUT2D eigenvalue weighted by Crippen LogP contribution is 2.14. The lowest BCUT2D eigenvalue weighted by Crippen LogP contribution is -1.84. The van der Waals surface area contributed by atoms with Gasteiger partial charge in [-0.3, -0.25) is 0 Å². The molecule has 3 aromatic heterocycles. The van der Waals surface area contributed by atoms with E-state index < -0.39 is 0 Å². The maximum atomic E-state index is 4.05. The molecule has 0 aromatic carbocycles. The van der Waals surface area contributed by atoms with Crippen molar-refractivity contribution < 1.29 is 0 Å². The van der Waals surface area contributed by atoms with Gasteiger partial charge in [0.2, 0.25) is 11.6 Å². The third-order valence-electron chi connectivity index (χ3n) is 1.72. The van der Waals surface area contributed by atoms with Gasteiger partial charge in [-0.15, -0.1) is 20.4 Å². The Morgan fingerprint density at radius 3 is 2.33 bits per heavy atom. The van der Waals surface area contributed by atoms with Gasteiger partial charge in [-0.25, -0.2) is 4.98 Å². The van der Waals surface area contributed by atoms with Gasteiger partial charge in [0.05, 0.1) is 6.20 Å². The van der Waals surface area contributed by atoms with Gasteiger partial charge in [-0.1, -0.05) is 0 Å². The van der Waals surface area contributed by atoms with Gasteiger partial charge < -0.3 is 4.98 Å². The molecule has 3 aromatic rings. The normalized spacial score (nSPS) is 10.7. The molecule has 15 heavy (non-hydrogen) atoms. The Morgan fingerprint density at radius 1 is 0.933 bits per heavy atom. The van der Waals surface area contributed by atoms with E-state index in [0.717, 1.165) is 0 Å². The summed E-state index contributed by atoms with van der Waals surface area (Å²) in [6.45, 7) is 0. The van der Waals surface area contributed by atoms with Crippen LogP contribution in [0.2, 0.25) is 0 Å². The van der Waals surface area contributed by atoms with Crippen molar-refractivity contribution >= 4 is 0 Å². The molecule has 0 radical (unpaired) electrons. The van der Waals surface area contributed by atoms with E-state index in [9.17, 15) is 0 Å². The number of hydrogen-bond acceptors (Lipinski definition) is 7. The lowest BCUT2D eigenvalue weighted by Gasteiger charge is -1.85. The summed E-state index contributed by atoms with van der Waals surface area (Å²) in [5.41, 5.74) is 0.628. The molecular weight excluding hydrogens is 200 g/mol. The maximum absolute atomic E-state index is 4.05. The van der Waals surface area contributed by atoms with Crippen LogP contribution in [0.1, 0.15) is 0 Å². The summed E-state index contributed by atoms with van der Waals surface area (Å²) < 4.78 is 0. The molecule has 3 heterocycles. The van der Waals surface area contributed by atoms with Crippen LogP contribution in [0.3, 0.4) is 0 Å². The van der Waals surface area contributed by atoms with Gasteiger partial charge in [0.15, 0.2) is 5.82 Å². The summed E-state index contributed by atoms with van der Waals surface area (Å²) in [5, 5.41) is 26.7. The fourth-order valence-electron chi connectivity index (χ4n) is 1.09. The van der Waals surface area contributed by atoms with Crippen molar-refractivity contribution in [3.8, 4) is 23.2 Å². The number of aromatic nitrogens is 10. The lowest BCUT2D eigenvalue weighted by atomic mass is 10.5. The molecule has 0 saturated heterocycles. The van der Waals surface area contributed by atoms with E-state index >= 15 is 0 Å². The predicted octanol–water partition coefficient (Wildman–Crippen LogP) is -1.23. The molecule has 3 rings (SSSR count). The fourth-order valence-corrected chi connectivity index (χ4v) is 1.09. The van der Waals surface area contributed by atoms with Crippen LogP contribution in [-0.4, -0.2) is 51.2 Å². The van der Waals surface area contributed by atoms with Crippen molar-refractivity contribution in [2.45, 2.75) is 0 Å². The van der Waals surface area contributed by atoms with Gasteiger partial charge in [-0.2, -0.15) is 10.4 Å². The number of H-pyrrole nitrogens is 3. The highest BCUT2D eigenvalue weighted by molar-refractivity contribution is 5.53. The van der Waals surface area contributed by atoms with E-state index in [1.54, 1.807) is 6.20 Å². The summed E-state index contributed by atoms with van der Waals surface area (Å²) >= 11 is 0. The Bertz CT molecular complexity index is 483. The summed E-state index contributed by atoms with van der Waals surface area (Å²) in [7, 11) is 0. The average molecular weight is 204 g/mol. The van der Waals surface area contributed by atoms with Crippen LogP contribution in [0, 0.1) is 0 Å². The number of nitrogens with zero attached hydrogens (tertiary/aromatic N) is 7. The number of tetrazole rings is 2. The smallest absolute Gasteiger partial charge is 0.239 e. The summed E-state index contributed by atoms with van der Waals surface area (Å²) in [6.07, 6.45) is 1.57. The minimum Gasteiger partial charge on any atom is -0.332 e. The largest absolute Gasteiger partial charge is 0.332 e. The molecule has 10 nitrogen and oxygen atoms in total. The van der Waals surface area contributed by atoms with Crippen molar-refractivity contribution in [1.82, 2.24) is 51.2 Å². The van der Waals surface area contributed by atoms with Crippen LogP contribution in [0.4, 0.5) is 0 Å². The molecule has 0 bridgehead atoms. The van der Waals surface area contributed by atoms with Crippen LogP contribution >= 0.6 is 0 Å². The monoisotopic (exact) mass is 204 g/mol. The Labute approximate surface area is 81.5 Å². The van der Waals surface area contributed by atoms with Crippen LogP contribution in [0.5, 0.6) is 0 Å². The quantitative estimate of drug-likeness (QED) is 0.475. The number of aromatic amines is 3.